The van der Waals surface area contributed by atoms with Crippen molar-refractivity contribution in [3.05, 3.63) is 16.4 Å². The number of aryl methyl sites for hydroxylation is 2. The van der Waals surface area contributed by atoms with E-state index in [4.69, 9.17) is 11.6 Å². The monoisotopic (exact) mass is 247 g/mol. The number of halogens is 1. The number of hydrogen-bond donors (Lipinski definition) is 1. The van der Waals surface area contributed by atoms with Crippen molar-refractivity contribution in [2.45, 2.75) is 25.6 Å². The van der Waals surface area contributed by atoms with Crippen molar-refractivity contribution in [2.24, 2.45) is 7.05 Å². The zero-order chi connectivity index (χ0) is 11.4. The van der Waals surface area contributed by atoms with Crippen LogP contribution in [0.25, 0.3) is 0 Å². The van der Waals surface area contributed by atoms with E-state index in [9.17, 15) is 0 Å². The van der Waals surface area contributed by atoms with Gasteiger partial charge in [-0.1, -0.05) is 18.5 Å². The SMILES string of the molecule is CSC(C)CNCc1c(Cl)c(C)nn1C. The molecule has 0 spiro atoms. The number of rotatable bonds is 5. The van der Waals surface area contributed by atoms with Gasteiger partial charge in [0.05, 0.1) is 16.4 Å². The summed E-state index contributed by atoms with van der Waals surface area (Å²) in [6.07, 6.45) is 2.12. The number of hydrogen-bond acceptors (Lipinski definition) is 3. The highest BCUT2D eigenvalue weighted by Crippen LogP contribution is 2.18. The normalized spacial score (nSPS) is 13.1. The van der Waals surface area contributed by atoms with E-state index < -0.39 is 0 Å². The Morgan fingerprint density at radius 2 is 2.27 bits per heavy atom. The number of nitrogens with zero attached hydrogens (tertiary/aromatic N) is 2. The van der Waals surface area contributed by atoms with Gasteiger partial charge in [-0.05, 0) is 13.2 Å². The molecular formula is C10H18ClN3S. The first-order chi connectivity index (χ1) is 7.06. The molecule has 1 atom stereocenters. The Morgan fingerprint density at radius 1 is 1.60 bits per heavy atom. The first-order valence-electron chi connectivity index (χ1n) is 4.97. The minimum absolute atomic E-state index is 0.623. The van der Waals surface area contributed by atoms with E-state index in [0.29, 0.717) is 5.25 Å². The molecule has 0 amide bonds. The van der Waals surface area contributed by atoms with Crippen molar-refractivity contribution in [1.82, 2.24) is 15.1 Å². The van der Waals surface area contributed by atoms with Gasteiger partial charge >= 0.3 is 0 Å². The number of thioether (sulfide) groups is 1. The molecular weight excluding hydrogens is 230 g/mol. The van der Waals surface area contributed by atoms with E-state index in [1.165, 1.54) is 0 Å². The highest BCUT2D eigenvalue weighted by Gasteiger charge is 2.10. The minimum atomic E-state index is 0.623. The zero-order valence-electron chi connectivity index (χ0n) is 9.67. The van der Waals surface area contributed by atoms with Gasteiger partial charge in [-0.15, -0.1) is 0 Å². The Balaban J connectivity index is 2.50. The Kier molecular flexibility index (Phi) is 4.96. The van der Waals surface area contributed by atoms with E-state index >= 15 is 0 Å². The van der Waals surface area contributed by atoms with Crippen LogP contribution in [0.4, 0.5) is 0 Å². The molecule has 1 aromatic rings. The lowest BCUT2D eigenvalue weighted by Gasteiger charge is -2.10. The Labute approximate surface area is 101 Å². The van der Waals surface area contributed by atoms with E-state index in [1.54, 1.807) is 0 Å². The van der Waals surface area contributed by atoms with Gasteiger partial charge in [0.1, 0.15) is 0 Å². The molecule has 5 heteroatoms. The maximum atomic E-state index is 6.13. The summed E-state index contributed by atoms with van der Waals surface area (Å²) in [7, 11) is 1.92. The fourth-order valence-electron chi connectivity index (χ4n) is 1.35. The summed E-state index contributed by atoms with van der Waals surface area (Å²) in [5.74, 6) is 0. The minimum Gasteiger partial charge on any atom is -0.310 e. The molecule has 15 heavy (non-hydrogen) atoms. The predicted molar refractivity (Wildman–Crippen MR) is 67.6 cm³/mol. The third-order valence-electron chi connectivity index (χ3n) is 2.39. The van der Waals surface area contributed by atoms with Crippen LogP contribution in [0, 0.1) is 6.92 Å². The van der Waals surface area contributed by atoms with E-state index in [2.05, 4.69) is 23.6 Å². The van der Waals surface area contributed by atoms with E-state index in [-0.39, 0.29) is 0 Å². The van der Waals surface area contributed by atoms with Crippen LogP contribution in [0.1, 0.15) is 18.3 Å². The van der Waals surface area contributed by atoms with Crippen LogP contribution >= 0.6 is 23.4 Å². The number of nitrogens with one attached hydrogen (secondary N) is 1. The standard InChI is InChI=1S/C10H18ClN3S/c1-7(15-4)5-12-6-9-10(11)8(2)13-14(9)3/h7,12H,5-6H2,1-4H3. The lowest BCUT2D eigenvalue weighted by atomic mass is 10.3. The fraction of sp³-hybridized carbons (Fsp3) is 0.700. The molecule has 1 heterocycles. The second-order valence-electron chi connectivity index (χ2n) is 3.65. The number of aromatic nitrogens is 2. The zero-order valence-corrected chi connectivity index (χ0v) is 11.2. The predicted octanol–water partition coefficient (Wildman–Crippen LogP) is 2.22. The van der Waals surface area contributed by atoms with Gasteiger partial charge in [-0.25, -0.2) is 0 Å². The van der Waals surface area contributed by atoms with Gasteiger partial charge in [0.25, 0.3) is 0 Å². The van der Waals surface area contributed by atoms with Gasteiger partial charge in [0, 0.05) is 25.4 Å². The Hall–Kier alpha value is -0.190. The summed E-state index contributed by atoms with van der Waals surface area (Å²) in [6.45, 7) is 5.90. The molecule has 1 N–H and O–H groups in total. The quantitative estimate of drug-likeness (QED) is 0.866. The third-order valence-corrected chi connectivity index (χ3v) is 3.85. The molecule has 0 aromatic carbocycles. The van der Waals surface area contributed by atoms with Crippen molar-refractivity contribution in [1.29, 1.82) is 0 Å². The molecule has 0 bridgehead atoms. The molecule has 0 aliphatic rings. The van der Waals surface area contributed by atoms with Gasteiger partial charge in [-0.3, -0.25) is 4.68 Å². The first-order valence-corrected chi connectivity index (χ1v) is 6.64. The van der Waals surface area contributed by atoms with Gasteiger partial charge in [0.15, 0.2) is 0 Å². The molecule has 0 aliphatic heterocycles. The summed E-state index contributed by atoms with van der Waals surface area (Å²) in [4.78, 5) is 0. The van der Waals surface area contributed by atoms with Crippen LogP contribution in [0.3, 0.4) is 0 Å². The van der Waals surface area contributed by atoms with Crippen LogP contribution in [0.5, 0.6) is 0 Å². The molecule has 0 saturated carbocycles. The van der Waals surface area contributed by atoms with E-state index in [0.717, 1.165) is 29.5 Å². The summed E-state index contributed by atoms with van der Waals surface area (Å²) in [6, 6.07) is 0. The highest BCUT2D eigenvalue weighted by atomic mass is 35.5. The molecule has 86 valence electrons. The molecule has 1 aromatic heterocycles. The van der Waals surface area contributed by atoms with Gasteiger partial charge < -0.3 is 5.32 Å². The molecule has 0 radical (unpaired) electrons. The van der Waals surface area contributed by atoms with Gasteiger partial charge in [-0.2, -0.15) is 16.9 Å². The highest BCUT2D eigenvalue weighted by molar-refractivity contribution is 7.99. The summed E-state index contributed by atoms with van der Waals surface area (Å²) < 4.78 is 1.84. The molecule has 3 nitrogen and oxygen atoms in total. The van der Waals surface area contributed by atoms with Crippen LogP contribution in [0.15, 0.2) is 0 Å². The summed E-state index contributed by atoms with van der Waals surface area (Å²) in [5, 5.41) is 9.05. The molecule has 1 rings (SSSR count). The van der Waals surface area contributed by atoms with Gasteiger partial charge in [0.2, 0.25) is 0 Å². The average molecular weight is 248 g/mol. The topological polar surface area (TPSA) is 29.9 Å². The molecule has 0 saturated heterocycles. The van der Waals surface area contributed by atoms with Crippen molar-refractivity contribution >= 4 is 23.4 Å². The molecule has 0 fully saturated rings. The van der Waals surface area contributed by atoms with Crippen LogP contribution in [-0.2, 0) is 13.6 Å². The fourth-order valence-corrected chi connectivity index (χ4v) is 1.86. The Morgan fingerprint density at radius 3 is 2.73 bits per heavy atom. The smallest absolute Gasteiger partial charge is 0.0860 e. The van der Waals surface area contributed by atoms with Crippen LogP contribution in [0.2, 0.25) is 5.02 Å². The second-order valence-corrected chi connectivity index (χ2v) is 5.30. The lowest BCUT2D eigenvalue weighted by Crippen LogP contribution is -2.23. The van der Waals surface area contributed by atoms with Crippen molar-refractivity contribution in [2.75, 3.05) is 12.8 Å². The molecule has 1 unspecified atom stereocenters. The van der Waals surface area contributed by atoms with Crippen LogP contribution < -0.4 is 5.32 Å². The summed E-state index contributed by atoms with van der Waals surface area (Å²) in [5.41, 5.74) is 1.95. The maximum Gasteiger partial charge on any atom is 0.0860 e. The van der Waals surface area contributed by atoms with Crippen LogP contribution in [-0.4, -0.2) is 27.8 Å². The second kappa shape index (κ2) is 5.77. The van der Waals surface area contributed by atoms with Crippen molar-refractivity contribution < 1.29 is 0 Å². The maximum absolute atomic E-state index is 6.13. The third kappa shape index (κ3) is 3.40. The summed E-state index contributed by atoms with van der Waals surface area (Å²) >= 11 is 7.99. The first kappa shape index (κ1) is 12.9. The van der Waals surface area contributed by atoms with E-state index in [1.807, 2.05) is 30.4 Å². The lowest BCUT2D eigenvalue weighted by molar-refractivity contribution is 0.623. The molecule has 0 aliphatic carbocycles. The average Bonchev–Trinajstić information content (AvgIpc) is 2.44. The largest absolute Gasteiger partial charge is 0.310 e. The Bertz CT molecular complexity index is 325. The van der Waals surface area contributed by atoms with Crippen molar-refractivity contribution in [3.63, 3.8) is 0 Å². The van der Waals surface area contributed by atoms with Crippen molar-refractivity contribution in [3.8, 4) is 0 Å².